The van der Waals surface area contributed by atoms with E-state index in [0.717, 1.165) is 32.2 Å². The number of hydrogen-bond donors (Lipinski definition) is 3. The Morgan fingerprint density at radius 2 is 2.11 bits per heavy atom. The van der Waals surface area contributed by atoms with Crippen molar-refractivity contribution >= 4 is 24.2 Å². The summed E-state index contributed by atoms with van der Waals surface area (Å²) in [6.07, 6.45) is 4.04. The molecule has 1 unspecified atom stereocenters. The van der Waals surface area contributed by atoms with Crippen LogP contribution in [0.3, 0.4) is 0 Å². The van der Waals surface area contributed by atoms with Crippen molar-refractivity contribution in [1.29, 1.82) is 0 Å². The molecule has 2 amide bonds. The van der Waals surface area contributed by atoms with Gasteiger partial charge in [-0.05, 0) is 39.2 Å². The Hall–Kier alpha value is -0.810. The summed E-state index contributed by atoms with van der Waals surface area (Å²) < 4.78 is 0. The number of hydrogen-bond acceptors (Lipinski definition) is 3. The molecule has 0 aromatic rings. The molecule has 1 saturated carbocycles. The zero-order chi connectivity index (χ0) is 12.3. The van der Waals surface area contributed by atoms with Gasteiger partial charge in [-0.1, -0.05) is 0 Å². The minimum absolute atomic E-state index is 0. The molecule has 18 heavy (non-hydrogen) atoms. The smallest absolute Gasteiger partial charge is 0.239 e. The summed E-state index contributed by atoms with van der Waals surface area (Å²) in [7, 11) is 0. The Kier molecular flexibility index (Phi) is 5.41. The fraction of sp³-hybridized carbons (Fsp3) is 0.833. The lowest BCUT2D eigenvalue weighted by Gasteiger charge is -2.32. The minimum atomic E-state index is -0.363. The highest BCUT2D eigenvalue weighted by Gasteiger charge is 2.34. The predicted octanol–water partition coefficient (Wildman–Crippen LogP) is 0.193. The van der Waals surface area contributed by atoms with Crippen LogP contribution < -0.4 is 16.0 Å². The SMILES string of the molecule is CC1(C(=O)NCC(=O)NC2CC2)CCCNC1.Cl. The molecule has 0 aromatic heterocycles. The van der Waals surface area contributed by atoms with E-state index in [1.54, 1.807) is 0 Å². The van der Waals surface area contributed by atoms with Crippen LogP contribution in [0.25, 0.3) is 0 Å². The van der Waals surface area contributed by atoms with E-state index in [4.69, 9.17) is 0 Å². The van der Waals surface area contributed by atoms with Crippen LogP contribution in [0.1, 0.15) is 32.6 Å². The summed E-state index contributed by atoms with van der Waals surface area (Å²) in [6.45, 7) is 3.73. The van der Waals surface area contributed by atoms with Crippen LogP contribution in [0.5, 0.6) is 0 Å². The molecule has 0 bridgehead atoms. The van der Waals surface area contributed by atoms with Crippen molar-refractivity contribution in [2.75, 3.05) is 19.6 Å². The van der Waals surface area contributed by atoms with Gasteiger partial charge >= 0.3 is 0 Å². The second kappa shape index (κ2) is 6.38. The van der Waals surface area contributed by atoms with Crippen LogP contribution in [-0.2, 0) is 9.59 Å². The van der Waals surface area contributed by atoms with Crippen molar-refractivity contribution in [3.05, 3.63) is 0 Å². The number of amides is 2. The Labute approximate surface area is 114 Å². The second-order valence-corrected chi connectivity index (χ2v) is 5.37. The molecule has 1 aliphatic carbocycles. The maximum absolute atomic E-state index is 12.0. The van der Waals surface area contributed by atoms with Crippen LogP contribution in [0.4, 0.5) is 0 Å². The Bertz CT molecular complexity index is 312. The molecule has 2 fully saturated rings. The van der Waals surface area contributed by atoms with Crippen LogP contribution in [0.15, 0.2) is 0 Å². The fourth-order valence-corrected chi connectivity index (χ4v) is 2.13. The molecule has 6 heteroatoms. The van der Waals surface area contributed by atoms with Gasteiger partial charge in [0, 0.05) is 12.6 Å². The number of piperidine rings is 1. The quantitative estimate of drug-likeness (QED) is 0.686. The largest absolute Gasteiger partial charge is 0.352 e. The van der Waals surface area contributed by atoms with Gasteiger partial charge in [0.2, 0.25) is 11.8 Å². The molecule has 5 nitrogen and oxygen atoms in total. The van der Waals surface area contributed by atoms with Crippen molar-refractivity contribution in [1.82, 2.24) is 16.0 Å². The lowest BCUT2D eigenvalue weighted by atomic mass is 9.82. The van der Waals surface area contributed by atoms with E-state index in [1.807, 2.05) is 6.92 Å². The van der Waals surface area contributed by atoms with E-state index in [9.17, 15) is 9.59 Å². The number of nitrogens with one attached hydrogen (secondary N) is 3. The van der Waals surface area contributed by atoms with Gasteiger partial charge in [0.1, 0.15) is 0 Å². The molecule has 1 aliphatic heterocycles. The summed E-state index contributed by atoms with van der Waals surface area (Å²) in [6, 6.07) is 0.353. The van der Waals surface area contributed by atoms with Crippen LogP contribution in [0, 0.1) is 5.41 Å². The molecule has 0 aromatic carbocycles. The van der Waals surface area contributed by atoms with E-state index in [0.29, 0.717) is 12.6 Å². The van der Waals surface area contributed by atoms with Gasteiger partial charge in [-0.25, -0.2) is 0 Å². The second-order valence-electron chi connectivity index (χ2n) is 5.37. The third-order valence-corrected chi connectivity index (χ3v) is 3.50. The van der Waals surface area contributed by atoms with E-state index < -0.39 is 0 Å². The molecular formula is C12H22ClN3O2. The summed E-state index contributed by atoms with van der Waals surface area (Å²) >= 11 is 0. The molecule has 2 aliphatic rings. The summed E-state index contributed by atoms with van der Waals surface area (Å²) in [5.74, 6) is -0.0936. The zero-order valence-corrected chi connectivity index (χ0v) is 11.6. The molecule has 2 rings (SSSR count). The molecule has 104 valence electrons. The summed E-state index contributed by atoms with van der Waals surface area (Å²) in [5, 5.41) is 8.81. The van der Waals surface area contributed by atoms with Crippen molar-refractivity contribution in [2.24, 2.45) is 5.41 Å². The minimum Gasteiger partial charge on any atom is -0.352 e. The topological polar surface area (TPSA) is 70.2 Å². The standard InChI is InChI=1S/C12H21N3O2.ClH/c1-12(5-2-6-13-8-12)11(17)14-7-10(16)15-9-3-4-9;/h9,13H,2-8H2,1H3,(H,14,17)(H,15,16);1H. The zero-order valence-electron chi connectivity index (χ0n) is 10.8. The first-order valence-electron chi connectivity index (χ1n) is 6.38. The van der Waals surface area contributed by atoms with Crippen molar-refractivity contribution < 1.29 is 9.59 Å². The van der Waals surface area contributed by atoms with Gasteiger partial charge < -0.3 is 16.0 Å². The van der Waals surface area contributed by atoms with Gasteiger partial charge in [-0.15, -0.1) is 12.4 Å². The van der Waals surface area contributed by atoms with Crippen LogP contribution in [0.2, 0.25) is 0 Å². The number of halogens is 1. The molecular weight excluding hydrogens is 254 g/mol. The normalized spacial score (nSPS) is 26.9. The predicted molar refractivity (Wildman–Crippen MR) is 71.6 cm³/mol. The van der Waals surface area contributed by atoms with Crippen molar-refractivity contribution in [3.8, 4) is 0 Å². The fourth-order valence-electron chi connectivity index (χ4n) is 2.13. The average molecular weight is 276 g/mol. The molecule has 0 radical (unpaired) electrons. The van der Waals surface area contributed by atoms with E-state index in [1.165, 1.54) is 0 Å². The van der Waals surface area contributed by atoms with Crippen molar-refractivity contribution in [3.63, 3.8) is 0 Å². The molecule has 1 atom stereocenters. The molecule has 1 saturated heterocycles. The van der Waals surface area contributed by atoms with Gasteiger partial charge in [0.05, 0.1) is 12.0 Å². The Balaban J connectivity index is 0.00000162. The summed E-state index contributed by atoms with van der Waals surface area (Å²) in [4.78, 5) is 23.4. The molecule has 3 N–H and O–H groups in total. The van der Waals surface area contributed by atoms with E-state index >= 15 is 0 Å². The maximum Gasteiger partial charge on any atom is 0.239 e. The lowest BCUT2D eigenvalue weighted by molar-refractivity contribution is -0.133. The lowest BCUT2D eigenvalue weighted by Crippen LogP contribution is -2.50. The van der Waals surface area contributed by atoms with Crippen LogP contribution >= 0.6 is 12.4 Å². The van der Waals surface area contributed by atoms with Gasteiger partial charge in [-0.3, -0.25) is 9.59 Å². The average Bonchev–Trinajstić information content (AvgIpc) is 3.11. The number of carbonyl (C=O) groups is 2. The van der Waals surface area contributed by atoms with Crippen molar-refractivity contribution in [2.45, 2.75) is 38.6 Å². The first-order chi connectivity index (χ1) is 8.10. The third-order valence-electron chi connectivity index (χ3n) is 3.50. The van der Waals surface area contributed by atoms with Crippen LogP contribution in [-0.4, -0.2) is 37.5 Å². The summed E-state index contributed by atoms with van der Waals surface area (Å²) in [5.41, 5.74) is -0.363. The molecule has 0 spiro atoms. The first kappa shape index (κ1) is 15.2. The number of carbonyl (C=O) groups excluding carboxylic acids is 2. The van der Waals surface area contributed by atoms with Gasteiger partial charge in [-0.2, -0.15) is 0 Å². The van der Waals surface area contributed by atoms with E-state index in [2.05, 4.69) is 16.0 Å². The third kappa shape index (κ3) is 4.14. The maximum atomic E-state index is 12.0. The van der Waals surface area contributed by atoms with E-state index in [-0.39, 0.29) is 36.2 Å². The highest BCUT2D eigenvalue weighted by atomic mass is 35.5. The van der Waals surface area contributed by atoms with Gasteiger partial charge in [0.15, 0.2) is 0 Å². The Morgan fingerprint density at radius 3 is 2.67 bits per heavy atom. The first-order valence-corrected chi connectivity index (χ1v) is 6.38. The van der Waals surface area contributed by atoms with Gasteiger partial charge in [0.25, 0.3) is 0 Å². The Morgan fingerprint density at radius 1 is 1.39 bits per heavy atom. The monoisotopic (exact) mass is 275 g/mol. The highest BCUT2D eigenvalue weighted by molar-refractivity contribution is 5.88. The highest BCUT2D eigenvalue weighted by Crippen LogP contribution is 2.25. The number of rotatable bonds is 4. The molecule has 1 heterocycles.